The fourth-order valence-corrected chi connectivity index (χ4v) is 2.03. The largest absolute Gasteiger partial charge is 0.455 e. The van der Waals surface area contributed by atoms with Crippen molar-refractivity contribution in [3.63, 3.8) is 0 Å². The summed E-state index contributed by atoms with van der Waals surface area (Å²) in [6.45, 7) is 1.61. The fourth-order valence-electron chi connectivity index (χ4n) is 1.54. The lowest BCUT2D eigenvalue weighted by atomic mass is 10.2. The third kappa shape index (κ3) is 3.85. The van der Waals surface area contributed by atoms with Gasteiger partial charge in [-0.2, -0.15) is 0 Å². The van der Waals surface area contributed by atoms with Gasteiger partial charge in [0.15, 0.2) is 6.61 Å². The summed E-state index contributed by atoms with van der Waals surface area (Å²) in [6.07, 6.45) is 0.370. The summed E-state index contributed by atoms with van der Waals surface area (Å²) in [7, 11) is 0. The minimum Gasteiger partial charge on any atom is -0.455 e. The lowest BCUT2D eigenvalue weighted by Crippen LogP contribution is -2.22. The molecule has 1 atom stereocenters. The third-order valence-electron chi connectivity index (χ3n) is 2.79. The first kappa shape index (κ1) is 14.2. The molecule has 102 valence electrons. The number of ether oxygens (including phenoxy) is 1. The van der Waals surface area contributed by atoms with Crippen molar-refractivity contribution in [1.82, 2.24) is 0 Å². The van der Waals surface area contributed by atoms with E-state index >= 15 is 0 Å². The van der Waals surface area contributed by atoms with E-state index in [0.717, 1.165) is 5.56 Å². The third-order valence-corrected chi connectivity index (χ3v) is 3.63. The Morgan fingerprint density at radius 2 is 1.95 bits per heavy atom. The molecule has 2 rings (SSSR count). The molecule has 0 aromatic heterocycles. The lowest BCUT2D eigenvalue weighted by Gasteiger charge is -2.06. The minimum atomic E-state index is -1.02. The van der Waals surface area contributed by atoms with Gasteiger partial charge in [0.05, 0.1) is 5.92 Å². The maximum atomic E-state index is 11.6. The number of carbonyl (C=O) groups is 2. The molecule has 1 aromatic carbocycles. The molecule has 6 heteroatoms. The zero-order chi connectivity index (χ0) is 14.0. The van der Waals surface area contributed by atoms with Crippen LogP contribution in [0.4, 0.5) is 5.69 Å². The molecule has 1 N–H and O–H groups in total. The average Bonchev–Trinajstić information content (AvgIpc) is 2.99. The number of anilines is 1. The first-order valence-electron chi connectivity index (χ1n) is 5.79. The van der Waals surface area contributed by atoms with Crippen molar-refractivity contribution < 1.29 is 14.3 Å². The van der Waals surface area contributed by atoms with Crippen LogP contribution in [0.5, 0.6) is 0 Å². The average molecular weight is 302 g/mol. The van der Waals surface area contributed by atoms with Gasteiger partial charge in [0, 0.05) is 5.69 Å². The second kappa shape index (κ2) is 5.39. The summed E-state index contributed by atoms with van der Waals surface area (Å²) in [6, 6.07) is 7.30. The number of hydrogen-bond acceptors (Lipinski definition) is 3. The van der Waals surface area contributed by atoms with Gasteiger partial charge in [-0.25, -0.2) is 0 Å². The van der Waals surface area contributed by atoms with E-state index in [1.165, 1.54) is 0 Å². The van der Waals surface area contributed by atoms with Crippen molar-refractivity contribution in [1.29, 1.82) is 0 Å². The number of rotatable bonds is 4. The zero-order valence-corrected chi connectivity index (χ0v) is 11.8. The van der Waals surface area contributed by atoms with Gasteiger partial charge in [0.1, 0.15) is 4.33 Å². The first-order valence-corrected chi connectivity index (χ1v) is 6.55. The molecule has 0 saturated heterocycles. The number of nitrogens with one attached hydrogen (secondary N) is 1. The molecule has 1 fully saturated rings. The van der Waals surface area contributed by atoms with Crippen LogP contribution in [0.1, 0.15) is 12.0 Å². The number of alkyl halides is 2. The van der Waals surface area contributed by atoms with Crippen LogP contribution in [-0.4, -0.2) is 22.8 Å². The molecule has 19 heavy (non-hydrogen) atoms. The molecule has 1 aromatic rings. The van der Waals surface area contributed by atoms with Crippen molar-refractivity contribution in [3.05, 3.63) is 29.8 Å². The molecule has 4 nitrogen and oxygen atoms in total. The quantitative estimate of drug-likeness (QED) is 0.687. The summed E-state index contributed by atoms with van der Waals surface area (Å²) in [4.78, 5) is 23.0. The Bertz CT molecular complexity index is 499. The van der Waals surface area contributed by atoms with Gasteiger partial charge in [0.25, 0.3) is 5.91 Å². The Morgan fingerprint density at radius 1 is 1.37 bits per heavy atom. The van der Waals surface area contributed by atoms with Crippen molar-refractivity contribution in [2.24, 2.45) is 5.92 Å². The van der Waals surface area contributed by atoms with E-state index < -0.39 is 22.1 Å². The maximum absolute atomic E-state index is 11.6. The Hall–Kier alpha value is -1.26. The van der Waals surface area contributed by atoms with E-state index in [-0.39, 0.29) is 6.61 Å². The standard InChI is InChI=1S/C13H13Cl2NO3/c1-8-2-4-9(5-3-8)16-11(17)7-19-12(18)10-6-13(10,14)15/h2-5,10H,6-7H2,1H3,(H,16,17). The van der Waals surface area contributed by atoms with Crippen LogP contribution in [0.2, 0.25) is 0 Å². The SMILES string of the molecule is Cc1ccc(NC(=O)COC(=O)C2CC2(Cl)Cl)cc1. The molecule has 0 spiro atoms. The van der Waals surface area contributed by atoms with Gasteiger partial charge in [-0.15, -0.1) is 23.2 Å². The molecule has 0 radical (unpaired) electrons. The molecule has 0 aliphatic heterocycles. The van der Waals surface area contributed by atoms with Crippen molar-refractivity contribution >= 4 is 40.8 Å². The van der Waals surface area contributed by atoms with E-state index in [9.17, 15) is 9.59 Å². The van der Waals surface area contributed by atoms with Crippen LogP contribution in [0.25, 0.3) is 0 Å². The summed E-state index contributed by atoms with van der Waals surface area (Å²) in [5.41, 5.74) is 1.75. The van der Waals surface area contributed by atoms with Crippen LogP contribution in [0, 0.1) is 12.8 Å². The molecular formula is C13H13Cl2NO3. The number of esters is 1. The number of carbonyl (C=O) groups excluding carboxylic acids is 2. The van der Waals surface area contributed by atoms with Gasteiger partial charge < -0.3 is 10.1 Å². The van der Waals surface area contributed by atoms with Crippen molar-refractivity contribution in [3.8, 4) is 0 Å². The highest BCUT2D eigenvalue weighted by atomic mass is 35.5. The number of benzene rings is 1. The smallest absolute Gasteiger partial charge is 0.312 e. The summed E-state index contributed by atoms with van der Waals surface area (Å²) >= 11 is 11.5. The van der Waals surface area contributed by atoms with E-state index in [2.05, 4.69) is 5.32 Å². The summed E-state index contributed by atoms with van der Waals surface area (Å²) in [5, 5.41) is 2.62. The molecule has 1 saturated carbocycles. The number of aryl methyl sites for hydroxylation is 1. The second-order valence-electron chi connectivity index (χ2n) is 4.54. The Labute approximate surface area is 121 Å². The highest BCUT2D eigenvalue weighted by Crippen LogP contribution is 2.53. The highest BCUT2D eigenvalue weighted by molar-refractivity contribution is 6.52. The van der Waals surface area contributed by atoms with Crippen molar-refractivity contribution in [2.45, 2.75) is 17.7 Å². The minimum absolute atomic E-state index is 0.340. The number of halogens is 2. The predicted molar refractivity (Wildman–Crippen MR) is 73.3 cm³/mol. The summed E-state index contributed by atoms with van der Waals surface area (Å²) in [5.74, 6) is -1.46. The summed E-state index contributed by atoms with van der Waals surface area (Å²) < 4.78 is 3.82. The molecule has 1 aliphatic carbocycles. The molecule has 1 amide bonds. The van der Waals surface area contributed by atoms with Gasteiger partial charge in [-0.1, -0.05) is 17.7 Å². The topological polar surface area (TPSA) is 55.4 Å². The van der Waals surface area contributed by atoms with Gasteiger partial charge in [0.2, 0.25) is 0 Å². The lowest BCUT2D eigenvalue weighted by molar-refractivity contribution is -0.148. The highest BCUT2D eigenvalue weighted by Gasteiger charge is 2.57. The van der Waals surface area contributed by atoms with E-state index in [4.69, 9.17) is 27.9 Å². The Morgan fingerprint density at radius 3 is 2.47 bits per heavy atom. The number of hydrogen-bond donors (Lipinski definition) is 1. The Balaban J connectivity index is 1.76. The molecular weight excluding hydrogens is 289 g/mol. The fraction of sp³-hybridized carbons (Fsp3) is 0.385. The van der Waals surface area contributed by atoms with Gasteiger partial charge in [-0.05, 0) is 25.5 Å². The van der Waals surface area contributed by atoms with Crippen LogP contribution in [0.3, 0.4) is 0 Å². The second-order valence-corrected chi connectivity index (χ2v) is 6.08. The molecule has 0 bridgehead atoms. The molecule has 0 heterocycles. The van der Waals surface area contributed by atoms with Crippen LogP contribution in [0.15, 0.2) is 24.3 Å². The van der Waals surface area contributed by atoms with E-state index in [0.29, 0.717) is 12.1 Å². The predicted octanol–water partition coefficient (Wildman–Crippen LogP) is 2.67. The van der Waals surface area contributed by atoms with Gasteiger partial charge in [-0.3, -0.25) is 9.59 Å². The Kier molecular flexibility index (Phi) is 4.02. The van der Waals surface area contributed by atoms with E-state index in [1.54, 1.807) is 12.1 Å². The van der Waals surface area contributed by atoms with Crippen LogP contribution >= 0.6 is 23.2 Å². The van der Waals surface area contributed by atoms with Gasteiger partial charge >= 0.3 is 5.97 Å². The first-order chi connectivity index (χ1) is 8.88. The normalized spacial score (nSPS) is 19.6. The molecule has 1 aliphatic rings. The molecule has 1 unspecified atom stereocenters. The monoisotopic (exact) mass is 301 g/mol. The van der Waals surface area contributed by atoms with Crippen molar-refractivity contribution in [2.75, 3.05) is 11.9 Å². The zero-order valence-electron chi connectivity index (χ0n) is 10.3. The van der Waals surface area contributed by atoms with Crippen LogP contribution in [-0.2, 0) is 14.3 Å². The maximum Gasteiger partial charge on any atom is 0.312 e. The van der Waals surface area contributed by atoms with Crippen LogP contribution < -0.4 is 5.32 Å². The van der Waals surface area contributed by atoms with E-state index in [1.807, 2.05) is 19.1 Å². The number of amides is 1.